The number of carboxylic acids is 1. The molecule has 0 radical (unpaired) electrons. The maximum Gasteiger partial charge on any atom is 0.303 e. The van der Waals surface area contributed by atoms with Crippen LogP contribution >= 0.6 is 0 Å². The minimum absolute atomic E-state index is 0.125. The molecular weight excluding hydrogens is 274 g/mol. The van der Waals surface area contributed by atoms with Gasteiger partial charge in [-0.3, -0.25) is 9.59 Å². The third-order valence-electron chi connectivity index (χ3n) is 3.11. The maximum atomic E-state index is 12.0. The molecular formula is C15H19NO5. The second-order valence-electron chi connectivity index (χ2n) is 4.82. The third kappa shape index (κ3) is 4.66. The molecule has 6 heteroatoms. The molecule has 1 aromatic carbocycles. The molecule has 114 valence electrons. The summed E-state index contributed by atoms with van der Waals surface area (Å²) in [6, 6.07) is 5.10. The fraction of sp³-hybridized carbons (Fsp3) is 0.467. The number of carbonyl (C=O) groups is 2. The summed E-state index contributed by atoms with van der Waals surface area (Å²) in [5.74, 6) is 0.238. The van der Waals surface area contributed by atoms with E-state index >= 15 is 0 Å². The zero-order chi connectivity index (χ0) is 15.1. The van der Waals surface area contributed by atoms with E-state index in [0.717, 1.165) is 6.42 Å². The zero-order valence-corrected chi connectivity index (χ0v) is 11.8. The minimum Gasteiger partial charge on any atom is -0.490 e. The highest BCUT2D eigenvalue weighted by Gasteiger charge is 2.13. The van der Waals surface area contributed by atoms with Crippen LogP contribution in [0.25, 0.3) is 0 Å². The molecule has 0 saturated heterocycles. The Bertz CT molecular complexity index is 515. The van der Waals surface area contributed by atoms with Crippen LogP contribution in [0.2, 0.25) is 0 Å². The van der Waals surface area contributed by atoms with Crippen molar-refractivity contribution in [1.82, 2.24) is 5.32 Å². The van der Waals surface area contributed by atoms with Gasteiger partial charge < -0.3 is 19.9 Å². The van der Waals surface area contributed by atoms with Crippen molar-refractivity contribution >= 4 is 11.9 Å². The molecule has 2 N–H and O–H groups in total. The molecule has 6 nitrogen and oxygen atoms in total. The molecule has 0 fully saturated rings. The van der Waals surface area contributed by atoms with E-state index in [1.807, 2.05) is 0 Å². The van der Waals surface area contributed by atoms with Crippen LogP contribution in [0.15, 0.2) is 18.2 Å². The van der Waals surface area contributed by atoms with Gasteiger partial charge in [-0.25, -0.2) is 0 Å². The van der Waals surface area contributed by atoms with E-state index in [1.165, 1.54) is 0 Å². The Morgan fingerprint density at radius 2 is 1.90 bits per heavy atom. The number of nitrogens with one attached hydrogen (secondary N) is 1. The van der Waals surface area contributed by atoms with Gasteiger partial charge in [-0.05, 0) is 31.0 Å². The van der Waals surface area contributed by atoms with Crippen molar-refractivity contribution in [2.24, 2.45) is 0 Å². The molecule has 0 aromatic heterocycles. The summed E-state index contributed by atoms with van der Waals surface area (Å²) in [6.07, 6.45) is 2.14. The van der Waals surface area contributed by atoms with Crippen LogP contribution in [0.3, 0.4) is 0 Å². The van der Waals surface area contributed by atoms with E-state index in [-0.39, 0.29) is 12.3 Å². The first-order chi connectivity index (χ1) is 10.2. The van der Waals surface area contributed by atoms with Gasteiger partial charge in [0, 0.05) is 24.9 Å². The average molecular weight is 293 g/mol. The highest BCUT2D eigenvalue weighted by molar-refractivity contribution is 5.94. The molecule has 0 aliphatic carbocycles. The van der Waals surface area contributed by atoms with E-state index in [9.17, 15) is 9.59 Å². The SMILES string of the molecule is O=C(O)CCCCNC(=O)c1ccc2c(c1)OCCCO2. The Balaban J connectivity index is 1.85. The van der Waals surface area contributed by atoms with Gasteiger partial charge in [0.1, 0.15) is 0 Å². The number of carbonyl (C=O) groups excluding carboxylic acids is 1. The molecule has 1 aliphatic heterocycles. The first-order valence-electron chi connectivity index (χ1n) is 7.06. The van der Waals surface area contributed by atoms with E-state index in [4.69, 9.17) is 14.6 Å². The summed E-state index contributed by atoms with van der Waals surface area (Å²) < 4.78 is 11.0. The Kier molecular flexibility index (Phi) is 5.43. The molecule has 0 atom stereocenters. The molecule has 1 aliphatic rings. The standard InChI is InChI=1S/C15H19NO5/c17-14(18)4-1-2-7-16-15(19)11-5-6-12-13(10-11)21-9-3-8-20-12/h5-6,10H,1-4,7-9H2,(H,16,19)(H,17,18). The maximum absolute atomic E-state index is 12.0. The number of hydrogen-bond donors (Lipinski definition) is 2. The van der Waals surface area contributed by atoms with Crippen molar-refractivity contribution in [3.8, 4) is 11.5 Å². The molecule has 1 heterocycles. The van der Waals surface area contributed by atoms with Crippen molar-refractivity contribution in [2.75, 3.05) is 19.8 Å². The lowest BCUT2D eigenvalue weighted by Gasteiger charge is -2.09. The van der Waals surface area contributed by atoms with E-state index < -0.39 is 5.97 Å². The highest BCUT2D eigenvalue weighted by atomic mass is 16.5. The normalized spacial score (nSPS) is 13.3. The predicted molar refractivity (Wildman–Crippen MR) is 75.9 cm³/mol. The summed E-state index contributed by atoms with van der Waals surface area (Å²) in [4.78, 5) is 22.4. The topological polar surface area (TPSA) is 84.9 Å². The number of fused-ring (bicyclic) bond motifs is 1. The predicted octanol–water partition coefficient (Wildman–Crippen LogP) is 1.83. The van der Waals surface area contributed by atoms with E-state index in [2.05, 4.69) is 5.32 Å². The third-order valence-corrected chi connectivity index (χ3v) is 3.11. The second-order valence-corrected chi connectivity index (χ2v) is 4.82. The van der Waals surface area contributed by atoms with Crippen molar-refractivity contribution in [2.45, 2.75) is 25.7 Å². The molecule has 2 rings (SSSR count). The smallest absolute Gasteiger partial charge is 0.303 e. The van der Waals surface area contributed by atoms with Crippen LogP contribution in [0.5, 0.6) is 11.5 Å². The fourth-order valence-corrected chi connectivity index (χ4v) is 2.01. The summed E-state index contributed by atoms with van der Waals surface area (Å²) in [6.45, 7) is 1.65. The number of carboxylic acid groups (broad SMARTS) is 1. The first kappa shape index (κ1) is 15.2. The Morgan fingerprint density at radius 1 is 1.14 bits per heavy atom. The van der Waals surface area contributed by atoms with Gasteiger partial charge in [-0.1, -0.05) is 0 Å². The summed E-state index contributed by atoms with van der Waals surface area (Å²) in [5, 5.41) is 11.3. The lowest BCUT2D eigenvalue weighted by molar-refractivity contribution is -0.137. The number of hydrogen-bond acceptors (Lipinski definition) is 4. The van der Waals surface area contributed by atoms with Crippen molar-refractivity contribution in [3.05, 3.63) is 23.8 Å². The van der Waals surface area contributed by atoms with Crippen molar-refractivity contribution < 1.29 is 24.2 Å². The van der Waals surface area contributed by atoms with Crippen LogP contribution in [0, 0.1) is 0 Å². The lowest BCUT2D eigenvalue weighted by Crippen LogP contribution is -2.24. The largest absolute Gasteiger partial charge is 0.490 e. The Labute approximate surface area is 123 Å². The number of rotatable bonds is 6. The van der Waals surface area contributed by atoms with Gasteiger partial charge in [0.2, 0.25) is 0 Å². The lowest BCUT2D eigenvalue weighted by atomic mass is 10.2. The number of ether oxygens (including phenoxy) is 2. The van der Waals surface area contributed by atoms with Crippen LogP contribution in [0.1, 0.15) is 36.0 Å². The van der Waals surface area contributed by atoms with E-state index in [0.29, 0.717) is 49.7 Å². The quantitative estimate of drug-likeness (QED) is 0.782. The van der Waals surface area contributed by atoms with E-state index in [1.54, 1.807) is 18.2 Å². The van der Waals surface area contributed by atoms with Gasteiger partial charge in [0.05, 0.1) is 13.2 Å². The summed E-state index contributed by atoms with van der Waals surface area (Å²) in [7, 11) is 0. The number of unbranched alkanes of at least 4 members (excludes halogenated alkanes) is 1. The number of amides is 1. The molecule has 1 aromatic rings. The number of benzene rings is 1. The van der Waals surface area contributed by atoms with Gasteiger partial charge >= 0.3 is 5.97 Å². The van der Waals surface area contributed by atoms with Gasteiger partial charge in [0.25, 0.3) is 5.91 Å². The molecule has 0 spiro atoms. The van der Waals surface area contributed by atoms with Crippen molar-refractivity contribution in [1.29, 1.82) is 0 Å². The molecule has 21 heavy (non-hydrogen) atoms. The summed E-state index contributed by atoms with van der Waals surface area (Å²) >= 11 is 0. The average Bonchev–Trinajstić information content (AvgIpc) is 2.70. The monoisotopic (exact) mass is 293 g/mol. The molecule has 1 amide bonds. The second kappa shape index (κ2) is 7.52. The van der Waals surface area contributed by atoms with Crippen LogP contribution in [-0.2, 0) is 4.79 Å². The van der Waals surface area contributed by atoms with Gasteiger partial charge in [-0.15, -0.1) is 0 Å². The molecule has 0 bridgehead atoms. The first-order valence-corrected chi connectivity index (χ1v) is 7.06. The Hall–Kier alpha value is -2.24. The molecule has 0 unspecified atom stereocenters. The Morgan fingerprint density at radius 3 is 2.67 bits per heavy atom. The van der Waals surface area contributed by atoms with Crippen LogP contribution in [-0.4, -0.2) is 36.7 Å². The van der Waals surface area contributed by atoms with Crippen molar-refractivity contribution in [3.63, 3.8) is 0 Å². The van der Waals surface area contributed by atoms with Gasteiger partial charge in [0.15, 0.2) is 11.5 Å². The minimum atomic E-state index is -0.816. The fourth-order valence-electron chi connectivity index (χ4n) is 2.01. The number of aliphatic carboxylic acids is 1. The zero-order valence-electron chi connectivity index (χ0n) is 11.8. The van der Waals surface area contributed by atoms with Crippen LogP contribution < -0.4 is 14.8 Å². The summed E-state index contributed by atoms with van der Waals surface area (Å²) in [5.41, 5.74) is 0.512. The van der Waals surface area contributed by atoms with Gasteiger partial charge in [-0.2, -0.15) is 0 Å². The highest BCUT2D eigenvalue weighted by Crippen LogP contribution is 2.30. The molecule has 0 saturated carbocycles. The van der Waals surface area contributed by atoms with Crippen LogP contribution in [0.4, 0.5) is 0 Å².